The molecule has 1 N–H and O–H groups in total. The monoisotopic (exact) mass is 423 g/mol. The van der Waals surface area contributed by atoms with Gasteiger partial charge in [0.2, 0.25) is 5.91 Å². The van der Waals surface area contributed by atoms with Crippen LogP contribution in [0, 0.1) is 0 Å². The van der Waals surface area contributed by atoms with E-state index in [2.05, 4.69) is 12.2 Å². The molecule has 0 unspecified atom stereocenters. The first-order chi connectivity index (χ1) is 14.5. The van der Waals surface area contributed by atoms with Gasteiger partial charge in [0.05, 0.1) is 25.7 Å². The number of amides is 1. The number of methoxy groups -OCH3 is 1. The average molecular weight is 424 g/mol. The summed E-state index contributed by atoms with van der Waals surface area (Å²) in [5, 5.41) is 3.40. The van der Waals surface area contributed by atoms with Gasteiger partial charge in [-0.1, -0.05) is 49.4 Å². The molecular formula is C24H25NO4S. The molecule has 1 aromatic heterocycles. The Morgan fingerprint density at radius 2 is 1.77 bits per heavy atom. The third-order valence-electron chi connectivity index (χ3n) is 4.73. The summed E-state index contributed by atoms with van der Waals surface area (Å²) in [5.41, 5.74) is 2.38. The average Bonchev–Trinajstić information content (AvgIpc) is 3.18. The maximum Gasteiger partial charge on any atom is 0.340 e. The van der Waals surface area contributed by atoms with E-state index < -0.39 is 5.97 Å². The highest BCUT2D eigenvalue weighted by Crippen LogP contribution is 2.36. The SMILES string of the molecule is CCOc1ccc(CC(=O)Nc2sc([C@H](C)c3ccccc3)cc2C(=O)OC)cc1. The molecule has 30 heavy (non-hydrogen) atoms. The molecule has 1 heterocycles. The van der Waals surface area contributed by atoms with E-state index in [0.717, 1.165) is 21.8 Å². The fourth-order valence-electron chi connectivity index (χ4n) is 3.11. The molecule has 3 aromatic rings. The molecule has 0 spiro atoms. The summed E-state index contributed by atoms with van der Waals surface area (Å²) in [5.74, 6) is 0.211. The van der Waals surface area contributed by atoms with Crippen molar-refractivity contribution in [3.05, 3.63) is 82.2 Å². The van der Waals surface area contributed by atoms with Crippen LogP contribution < -0.4 is 10.1 Å². The Morgan fingerprint density at radius 3 is 2.40 bits per heavy atom. The lowest BCUT2D eigenvalue weighted by Crippen LogP contribution is -2.15. The first-order valence-electron chi connectivity index (χ1n) is 9.80. The molecule has 5 nitrogen and oxygen atoms in total. The highest BCUT2D eigenvalue weighted by atomic mass is 32.1. The number of benzene rings is 2. The lowest BCUT2D eigenvalue weighted by Gasteiger charge is -2.09. The minimum absolute atomic E-state index is 0.0939. The summed E-state index contributed by atoms with van der Waals surface area (Å²) in [7, 11) is 1.34. The lowest BCUT2D eigenvalue weighted by molar-refractivity contribution is -0.115. The van der Waals surface area contributed by atoms with Crippen LogP contribution in [-0.2, 0) is 16.0 Å². The van der Waals surface area contributed by atoms with Crippen molar-refractivity contribution < 1.29 is 19.1 Å². The maximum atomic E-state index is 12.6. The minimum Gasteiger partial charge on any atom is -0.494 e. The molecule has 0 aliphatic carbocycles. The molecule has 1 atom stereocenters. The van der Waals surface area contributed by atoms with Gasteiger partial charge in [-0.25, -0.2) is 4.79 Å². The minimum atomic E-state index is -0.464. The third-order valence-corrected chi connectivity index (χ3v) is 5.97. The Bertz CT molecular complexity index is 996. The fourth-order valence-corrected chi connectivity index (χ4v) is 4.25. The van der Waals surface area contributed by atoms with Crippen LogP contribution in [0.15, 0.2) is 60.7 Å². The van der Waals surface area contributed by atoms with Gasteiger partial charge in [-0.2, -0.15) is 0 Å². The zero-order valence-electron chi connectivity index (χ0n) is 17.3. The molecular weight excluding hydrogens is 398 g/mol. The number of hydrogen-bond donors (Lipinski definition) is 1. The molecule has 2 aromatic carbocycles. The van der Waals surface area contributed by atoms with Gasteiger partial charge in [-0.05, 0) is 36.2 Å². The molecule has 0 saturated heterocycles. The van der Waals surface area contributed by atoms with E-state index in [4.69, 9.17) is 9.47 Å². The summed E-state index contributed by atoms with van der Waals surface area (Å²) >= 11 is 1.40. The van der Waals surface area contributed by atoms with Crippen molar-refractivity contribution in [3.8, 4) is 5.75 Å². The van der Waals surface area contributed by atoms with Crippen molar-refractivity contribution in [1.82, 2.24) is 0 Å². The summed E-state index contributed by atoms with van der Waals surface area (Å²) in [6.07, 6.45) is 0.203. The smallest absolute Gasteiger partial charge is 0.340 e. The van der Waals surface area contributed by atoms with Crippen molar-refractivity contribution in [2.45, 2.75) is 26.2 Å². The molecule has 0 fully saturated rings. The summed E-state index contributed by atoms with van der Waals surface area (Å²) in [4.78, 5) is 25.9. The number of esters is 1. The van der Waals surface area contributed by atoms with Crippen LogP contribution in [0.5, 0.6) is 5.75 Å². The van der Waals surface area contributed by atoms with Crippen molar-refractivity contribution in [2.24, 2.45) is 0 Å². The second-order valence-corrected chi connectivity index (χ2v) is 7.90. The van der Waals surface area contributed by atoms with Gasteiger partial charge in [-0.15, -0.1) is 11.3 Å². The number of nitrogens with one attached hydrogen (secondary N) is 1. The predicted octanol–water partition coefficient (Wildman–Crippen LogP) is 5.27. The second-order valence-electron chi connectivity index (χ2n) is 6.82. The van der Waals surface area contributed by atoms with E-state index in [9.17, 15) is 9.59 Å². The van der Waals surface area contributed by atoms with Crippen molar-refractivity contribution in [3.63, 3.8) is 0 Å². The van der Waals surface area contributed by atoms with Crippen LogP contribution in [-0.4, -0.2) is 25.6 Å². The van der Waals surface area contributed by atoms with Crippen molar-refractivity contribution >= 4 is 28.2 Å². The summed E-state index contributed by atoms with van der Waals surface area (Å²) in [6, 6.07) is 19.3. The number of rotatable bonds is 8. The van der Waals surface area contributed by atoms with Gasteiger partial charge < -0.3 is 14.8 Å². The molecule has 0 aliphatic heterocycles. The molecule has 0 bridgehead atoms. The molecule has 156 valence electrons. The Labute approximate surface area is 180 Å². The maximum absolute atomic E-state index is 12.6. The standard InChI is InChI=1S/C24H25NO4S/c1-4-29-19-12-10-17(11-13-19)14-22(26)25-23-20(24(27)28-3)15-21(30-23)16(2)18-8-6-5-7-9-18/h5-13,15-16H,4,14H2,1-3H3,(H,25,26)/t16-/m1/s1. The van der Waals surface area contributed by atoms with E-state index in [0.29, 0.717) is 17.2 Å². The molecule has 0 aliphatic rings. The van der Waals surface area contributed by atoms with Gasteiger partial charge in [0.15, 0.2) is 0 Å². The largest absolute Gasteiger partial charge is 0.494 e. The zero-order chi connectivity index (χ0) is 21.5. The number of ether oxygens (including phenoxy) is 2. The van der Waals surface area contributed by atoms with Gasteiger partial charge in [0.1, 0.15) is 10.8 Å². The zero-order valence-corrected chi connectivity index (χ0v) is 18.1. The van der Waals surface area contributed by atoms with E-state index in [1.54, 1.807) is 6.07 Å². The van der Waals surface area contributed by atoms with Crippen molar-refractivity contribution in [2.75, 3.05) is 19.0 Å². The molecule has 0 radical (unpaired) electrons. The normalized spacial score (nSPS) is 11.6. The van der Waals surface area contributed by atoms with Gasteiger partial charge in [0.25, 0.3) is 0 Å². The summed E-state index contributed by atoms with van der Waals surface area (Å²) in [6.45, 7) is 4.60. The molecule has 0 saturated carbocycles. The third kappa shape index (κ3) is 5.27. The highest BCUT2D eigenvalue weighted by molar-refractivity contribution is 7.16. The number of carbonyl (C=O) groups is 2. The second kappa shape index (κ2) is 10.1. The van der Waals surface area contributed by atoms with Gasteiger partial charge in [-0.3, -0.25) is 4.79 Å². The van der Waals surface area contributed by atoms with E-state index in [-0.39, 0.29) is 18.2 Å². The Hall–Kier alpha value is -3.12. The number of thiophene rings is 1. The highest BCUT2D eigenvalue weighted by Gasteiger charge is 2.21. The number of anilines is 1. The summed E-state index contributed by atoms with van der Waals surface area (Å²) < 4.78 is 10.3. The van der Waals surface area contributed by atoms with E-state index >= 15 is 0 Å². The first-order valence-corrected chi connectivity index (χ1v) is 10.6. The van der Waals surface area contributed by atoms with Crippen LogP contribution in [0.2, 0.25) is 0 Å². The van der Waals surface area contributed by atoms with E-state index in [1.807, 2.05) is 61.5 Å². The molecule has 1 amide bonds. The lowest BCUT2D eigenvalue weighted by atomic mass is 9.99. The Kier molecular flexibility index (Phi) is 7.25. The van der Waals surface area contributed by atoms with Crippen LogP contribution in [0.4, 0.5) is 5.00 Å². The van der Waals surface area contributed by atoms with Crippen LogP contribution >= 0.6 is 11.3 Å². The van der Waals surface area contributed by atoms with Crippen LogP contribution in [0.3, 0.4) is 0 Å². The quantitative estimate of drug-likeness (QED) is 0.502. The van der Waals surface area contributed by atoms with Crippen molar-refractivity contribution in [1.29, 1.82) is 0 Å². The van der Waals surface area contributed by atoms with Crippen LogP contribution in [0.1, 0.15) is 46.1 Å². The predicted molar refractivity (Wildman–Crippen MR) is 120 cm³/mol. The Balaban J connectivity index is 1.77. The first kappa shape index (κ1) is 21.6. The Morgan fingerprint density at radius 1 is 1.07 bits per heavy atom. The number of hydrogen-bond acceptors (Lipinski definition) is 5. The fraction of sp³-hybridized carbons (Fsp3) is 0.250. The molecule has 6 heteroatoms. The molecule has 3 rings (SSSR count). The topological polar surface area (TPSA) is 64.6 Å². The van der Waals surface area contributed by atoms with E-state index in [1.165, 1.54) is 18.4 Å². The van der Waals surface area contributed by atoms with Crippen LogP contribution in [0.25, 0.3) is 0 Å². The number of carbonyl (C=O) groups excluding carboxylic acids is 2. The van der Waals surface area contributed by atoms with Gasteiger partial charge >= 0.3 is 5.97 Å². The van der Waals surface area contributed by atoms with Gasteiger partial charge in [0, 0.05) is 10.8 Å².